The summed E-state index contributed by atoms with van der Waals surface area (Å²) in [5.41, 5.74) is -0.0238. The van der Waals surface area contributed by atoms with Crippen LogP contribution in [-0.4, -0.2) is 17.0 Å². The number of hydrogen-bond acceptors (Lipinski definition) is 3. The molecule has 1 saturated carbocycles. The van der Waals surface area contributed by atoms with Gasteiger partial charge in [0, 0.05) is 5.92 Å². The molecule has 8 heteroatoms. The largest absolute Gasteiger partial charge is 0.475 e. The number of hydrogen-bond donors (Lipinski definition) is 2. The SMILES string of the molecule is O=C(O)c1ccc(CNC(=O)C2CC2c2ccc(C(F)(F)F)cc2)o1. The van der Waals surface area contributed by atoms with Gasteiger partial charge >= 0.3 is 12.1 Å². The van der Waals surface area contributed by atoms with Gasteiger partial charge in [0.1, 0.15) is 5.76 Å². The Bertz CT molecular complexity index is 795. The normalized spacial score (nSPS) is 19.5. The van der Waals surface area contributed by atoms with E-state index in [0.29, 0.717) is 17.7 Å². The van der Waals surface area contributed by atoms with Gasteiger partial charge in [-0.3, -0.25) is 4.79 Å². The molecule has 1 aromatic carbocycles. The van der Waals surface area contributed by atoms with E-state index in [1.165, 1.54) is 24.3 Å². The number of carbonyl (C=O) groups is 2. The van der Waals surface area contributed by atoms with Crippen LogP contribution in [0.1, 0.15) is 39.8 Å². The van der Waals surface area contributed by atoms with Crippen LogP contribution in [0.5, 0.6) is 0 Å². The fourth-order valence-corrected chi connectivity index (χ4v) is 2.67. The summed E-state index contributed by atoms with van der Waals surface area (Å²) in [6.45, 7) is 0.0579. The van der Waals surface area contributed by atoms with Crippen molar-refractivity contribution in [2.24, 2.45) is 5.92 Å². The lowest BCUT2D eigenvalue weighted by Crippen LogP contribution is -2.24. The Balaban J connectivity index is 1.54. The third-order valence-corrected chi connectivity index (χ3v) is 4.10. The van der Waals surface area contributed by atoms with Gasteiger partial charge in [-0.2, -0.15) is 13.2 Å². The molecule has 0 aliphatic heterocycles. The Hall–Kier alpha value is -2.77. The second-order valence-electron chi connectivity index (χ2n) is 5.86. The Morgan fingerprint density at radius 3 is 2.40 bits per heavy atom. The lowest BCUT2D eigenvalue weighted by atomic mass is 10.1. The molecule has 0 radical (unpaired) electrons. The van der Waals surface area contributed by atoms with Crippen molar-refractivity contribution in [1.29, 1.82) is 0 Å². The lowest BCUT2D eigenvalue weighted by Gasteiger charge is -2.07. The number of amides is 1. The summed E-state index contributed by atoms with van der Waals surface area (Å²) in [7, 11) is 0. The van der Waals surface area contributed by atoms with E-state index in [-0.39, 0.29) is 30.0 Å². The Labute approximate surface area is 140 Å². The fourth-order valence-electron chi connectivity index (χ4n) is 2.67. The molecule has 0 spiro atoms. The van der Waals surface area contributed by atoms with Gasteiger partial charge in [0.15, 0.2) is 0 Å². The molecule has 1 aromatic heterocycles. The second-order valence-corrected chi connectivity index (χ2v) is 5.86. The van der Waals surface area contributed by atoms with Crippen LogP contribution in [0.4, 0.5) is 13.2 Å². The number of carboxylic acids is 1. The summed E-state index contributed by atoms with van der Waals surface area (Å²) >= 11 is 0. The second kappa shape index (κ2) is 6.27. The number of benzene rings is 1. The molecule has 2 atom stereocenters. The van der Waals surface area contributed by atoms with Crippen LogP contribution in [-0.2, 0) is 17.5 Å². The minimum atomic E-state index is -4.38. The molecule has 1 amide bonds. The smallest absolute Gasteiger partial charge is 0.416 e. The zero-order valence-electron chi connectivity index (χ0n) is 12.8. The first kappa shape index (κ1) is 17.1. The van der Waals surface area contributed by atoms with Gasteiger partial charge in [0.2, 0.25) is 11.7 Å². The molecule has 0 saturated heterocycles. The molecule has 132 valence electrons. The zero-order chi connectivity index (χ0) is 18.2. The summed E-state index contributed by atoms with van der Waals surface area (Å²) in [5.74, 6) is -1.73. The van der Waals surface area contributed by atoms with Crippen LogP contribution in [0.25, 0.3) is 0 Å². The van der Waals surface area contributed by atoms with Crippen molar-refractivity contribution in [2.45, 2.75) is 25.1 Å². The summed E-state index contributed by atoms with van der Waals surface area (Å²) in [5, 5.41) is 11.4. The Morgan fingerprint density at radius 1 is 1.16 bits per heavy atom. The highest BCUT2D eigenvalue weighted by molar-refractivity contribution is 5.84. The summed E-state index contributed by atoms with van der Waals surface area (Å²) in [6.07, 6.45) is -3.81. The van der Waals surface area contributed by atoms with E-state index < -0.39 is 17.7 Å². The number of alkyl halides is 3. The van der Waals surface area contributed by atoms with Gasteiger partial charge < -0.3 is 14.8 Å². The predicted molar refractivity (Wildman–Crippen MR) is 79.8 cm³/mol. The lowest BCUT2D eigenvalue weighted by molar-refractivity contribution is -0.137. The molecule has 2 aromatic rings. The van der Waals surface area contributed by atoms with Crippen LogP contribution in [0.3, 0.4) is 0 Å². The predicted octanol–water partition coefficient (Wildman–Crippen LogP) is 3.42. The van der Waals surface area contributed by atoms with E-state index in [1.54, 1.807) is 0 Å². The molecule has 3 rings (SSSR count). The van der Waals surface area contributed by atoms with Crippen molar-refractivity contribution in [3.63, 3.8) is 0 Å². The van der Waals surface area contributed by atoms with E-state index in [0.717, 1.165) is 12.1 Å². The summed E-state index contributed by atoms with van der Waals surface area (Å²) in [6, 6.07) is 7.58. The van der Waals surface area contributed by atoms with Crippen molar-refractivity contribution in [2.75, 3.05) is 0 Å². The monoisotopic (exact) mass is 353 g/mol. The minimum absolute atomic E-state index is 0.0579. The average Bonchev–Trinajstić information content (AvgIpc) is 3.21. The van der Waals surface area contributed by atoms with Crippen LogP contribution in [0.2, 0.25) is 0 Å². The molecule has 1 aliphatic rings. The molecular formula is C17H14F3NO4. The van der Waals surface area contributed by atoms with E-state index >= 15 is 0 Å². The van der Waals surface area contributed by atoms with E-state index in [2.05, 4.69) is 5.32 Å². The van der Waals surface area contributed by atoms with E-state index in [1.807, 2.05) is 0 Å². The maximum absolute atomic E-state index is 12.5. The Kier molecular flexibility index (Phi) is 4.28. The highest BCUT2D eigenvalue weighted by atomic mass is 19.4. The minimum Gasteiger partial charge on any atom is -0.475 e. The van der Waals surface area contributed by atoms with E-state index in [4.69, 9.17) is 9.52 Å². The highest BCUT2D eigenvalue weighted by Gasteiger charge is 2.44. The third kappa shape index (κ3) is 3.84. The van der Waals surface area contributed by atoms with Crippen LogP contribution in [0.15, 0.2) is 40.8 Å². The maximum Gasteiger partial charge on any atom is 0.416 e. The van der Waals surface area contributed by atoms with Crippen molar-refractivity contribution < 1.29 is 32.3 Å². The van der Waals surface area contributed by atoms with Gasteiger partial charge in [0.25, 0.3) is 0 Å². The number of rotatable bonds is 5. The molecule has 5 nitrogen and oxygen atoms in total. The van der Waals surface area contributed by atoms with Crippen LogP contribution < -0.4 is 5.32 Å². The maximum atomic E-state index is 12.5. The first-order valence-corrected chi connectivity index (χ1v) is 7.52. The topological polar surface area (TPSA) is 79.5 Å². The molecule has 0 bridgehead atoms. The molecule has 1 aliphatic carbocycles. The standard InChI is InChI=1S/C17H14F3NO4/c18-17(19,20)10-3-1-9(2-4-10)12-7-13(12)15(22)21-8-11-5-6-14(25-11)16(23)24/h1-6,12-13H,7-8H2,(H,21,22)(H,23,24). The van der Waals surface area contributed by atoms with Gasteiger partial charge in [-0.15, -0.1) is 0 Å². The first-order valence-electron chi connectivity index (χ1n) is 7.52. The number of furan rings is 1. The van der Waals surface area contributed by atoms with Gasteiger partial charge in [-0.1, -0.05) is 12.1 Å². The third-order valence-electron chi connectivity index (χ3n) is 4.10. The molecular weight excluding hydrogens is 339 g/mol. The van der Waals surface area contributed by atoms with Gasteiger partial charge in [-0.25, -0.2) is 4.79 Å². The molecule has 1 heterocycles. The molecule has 25 heavy (non-hydrogen) atoms. The number of carbonyl (C=O) groups excluding carboxylic acids is 1. The van der Waals surface area contributed by atoms with Gasteiger partial charge in [-0.05, 0) is 42.2 Å². The summed E-state index contributed by atoms with van der Waals surface area (Å²) in [4.78, 5) is 22.8. The van der Waals surface area contributed by atoms with Crippen molar-refractivity contribution >= 4 is 11.9 Å². The van der Waals surface area contributed by atoms with Crippen molar-refractivity contribution in [3.8, 4) is 0 Å². The fraction of sp³-hybridized carbons (Fsp3) is 0.294. The van der Waals surface area contributed by atoms with Gasteiger partial charge in [0.05, 0.1) is 12.1 Å². The Morgan fingerprint density at radius 2 is 1.84 bits per heavy atom. The number of nitrogens with one attached hydrogen (secondary N) is 1. The quantitative estimate of drug-likeness (QED) is 0.863. The van der Waals surface area contributed by atoms with Crippen LogP contribution >= 0.6 is 0 Å². The first-order chi connectivity index (χ1) is 11.8. The summed E-state index contributed by atoms with van der Waals surface area (Å²) < 4.78 is 42.7. The average molecular weight is 353 g/mol. The van der Waals surface area contributed by atoms with Crippen LogP contribution in [0, 0.1) is 5.92 Å². The molecule has 2 N–H and O–H groups in total. The number of aromatic carboxylic acids is 1. The zero-order valence-corrected chi connectivity index (χ0v) is 12.8. The number of carboxylic acid groups (broad SMARTS) is 1. The van der Waals surface area contributed by atoms with Crippen molar-refractivity contribution in [1.82, 2.24) is 5.32 Å². The van der Waals surface area contributed by atoms with E-state index in [9.17, 15) is 22.8 Å². The molecule has 2 unspecified atom stereocenters. The molecule has 1 fully saturated rings. The highest BCUT2D eigenvalue weighted by Crippen LogP contribution is 2.48. The van der Waals surface area contributed by atoms with Crippen molar-refractivity contribution in [3.05, 3.63) is 59.0 Å². The number of halogens is 3.